The zero-order valence-electron chi connectivity index (χ0n) is 11.1. The third kappa shape index (κ3) is 4.35. The molecule has 1 aliphatic rings. The van der Waals surface area contributed by atoms with Crippen molar-refractivity contribution in [2.24, 2.45) is 5.92 Å². The molecule has 3 nitrogen and oxygen atoms in total. The van der Waals surface area contributed by atoms with Crippen molar-refractivity contribution in [1.82, 2.24) is 10.2 Å². The molecule has 18 heavy (non-hydrogen) atoms. The maximum absolute atomic E-state index is 9.92. The van der Waals surface area contributed by atoms with Crippen LogP contribution in [-0.2, 0) is 0 Å². The Morgan fingerprint density at radius 1 is 1.50 bits per heavy atom. The highest BCUT2D eigenvalue weighted by Crippen LogP contribution is 2.20. The second kappa shape index (κ2) is 7.24. The third-order valence-electron chi connectivity index (χ3n) is 3.78. The second-order valence-corrected chi connectivity index (χ2v) is 6.25. The van der Waals surface area contributed by atoms with Gasteiger partial charge in [0.1, 0.15) is 6.10 Å². The number of aliphatic hydroxyl groups excluding tert-OH is 1. The molecular weight excluding hydrogens is 244 g/mol. The first kappa shape index (κ1) is 14.0. The van der Waals surface area contributed by atoms with E-state index in [2.05, 4.69) is 17.3 Å². The van der Waals surface area contributed by atoms with Crippen molar-refractivity contribution in [2.45, 2.75) is 25.4 Å². The minimum Gasteiger partial charge on any atom is -0.386 e. The van der Waals surface area contributed by atoms with Gasteiger partial charge < -0.3 is 15.3 Å². The molecule has 4 heteroatoms. The summed E-state index contributed by atoms with van der Waals surface area (Å²) in [4.78, 5) is 3.46. The Morgan fingerprint density at radius 3 is 2.94 bits per heavy atom. The van der Waals surface area contributed by atoms with Crippen LogP contribution in [0.15, 0.2) is 17.5 Å². The van der Waals surface area contributed by atoms with Gasteiger partial charge in [-0.1, -0.05) is 6.07 Å². The average molecular weight is 268 g/mol. The van der Waals surface area contributed by atoms with Crippen LogP contribution in [0, 0.1) is 5.92 Å². The smallest absolute Gasteiger partial charge is 0.101 e. The van der Waals surface area contributed by atoms with Crippen molar-refractivity contribution in [3.63, 3.8) is 0 Å². The number of piperidine rings is 1. The second-order valence-electron chi connectivity index (χ2n) is 5.27. The van der Waals surface area contributed by atoms with Crippen LogP contribution in [0.5, 0.6) is 0 Å². The highest BCUT2D eigenvalue weighted by atomic mass is 32.1. The summed E-state index contributed by atoms with van der Waals surface area (Å²) in [6.07, 6.45) is 3.55. The molecule has 0 bridgehead atoms. The van der Waals surface area contributed by atoms with Gasteiger partial charge in [0.2, 0.25) is 0 Å². The first-order valence-electron chi connectivity index (χ1n) is 6.86. The lowest BCUT2D eigenvalue weighted by Crippen LogP contribution is -2.32. The van der Waals surface area contributed by atoms with E-state index in [0.29, 0.717) is 6.54 Å². The van der Waals surface area contributed by atoms with Crippen molar-refractivity contribution in [1.29, 1.82) is 0 Å². The molecule has 0 amide bonds. The summed E-state index contributed by atoms with van der Waals surface area (Å²) in [6.45, 7) is 4.18. The van der Waals surface area contributed by atoms with Crippen molar-refractivity contribution in [3.8, 4) is 0 Å². The molecule has 0 aliphatic carbocycles. The number of aliphatic hydroxyl groups is 1. The van der Waals surface area contributed by atoms with Crippen molar-refractivity contribution < 1.29 is 5.11 Å². The van der Waals surface area contributed by atoms with Crippen LogP contribution < -0.4 is 5.32 Å². The predicted molar refractivity (Wildman–Crippen MR) is 77.0 cm³/mol. The molecule has 1 aromatic heterocycles. The van der Waals surface area contributed by atoms with E-state index in [0.717, 1.165) is 17.3 Å². The molecule has 0 radical (unpaired) electrons. The van der Waals surface area contributed by atoms with Crippen molar-refractivity contribution >= 4 is 11.3 Å². The first-order chi connectivity index (χ1) is 8.75. The van der Waals surface area contributed by atoms with Gasteiger partial charge in [0.15, 0.2) is 0 Å². The molecule has 0 spiro atoms. The van der Waals surface area contributed by atoms with E-state index in [1.807, 2.05) is 17.5 Å². The number of hydrogen-bond acceptors (Lipinski definition) is 4. The molecule has 2 N–H and O–H groups in total. The summed E-state index contributed by atoms with van der Waals surface area (Å²) in [6, 6.07) is 3.98. The Labute approximate surface area is 114 Å². The van der Waals surface area contributed by atoms with Crippen LogP contribution >= 0.6 is 11.3 Å². The van der Waals surface area contributed by atoms with Gasteiger partial charge >= 0.3 is 0 Å². The number of likely N-dealkylation sites (tertiary alicyclic amines) is 1. The van der Waals surface area contributed by atoms with Crippen LogP contribution in [0.2, 0.25) is 0 Å². The predicted octanol–water partition coefficient (Wildman–Crippen LogP) is 2.10. The van der Waals surface area contributed by atoms with E-state index < -0.39 is 0 Å². The third-order valence-corrected chi connectivity index (χ3v) is 4.75. The van der Waals surface area contributed by atoms with Gasteiger partial charge in [-0.3, -0.25) is 0 Å². The summed E-state index contributed by atoms with van der Waals surface area (Å²) in [7, 11) is 2.20. The zero-order chi connectivity index (χ0) is 12.8. The van der Waals surface area contributed by atoms with Gasteiger partial charge in [-0.2, -0.15) is 0 Å². The van der Waals surface area contributed by atoms with E-state index in [-0.39, 0.29) is 6.10 Å². The van der Waals surface area contributed by atoms with Crippen LogP contribution in [0.25, 0.3) is 0 Å². The van der Waals surface area contributed by atoms with E-state index in [1.54, 1.807) is 11.3 Å². The average Bonchev–Trinajstić information content (AvgIpc) is 2.90. The molecule has 1 aliphatic heterocycles. The van der Waals surface area contributed by atoms with E-state index >= 15 is 0 Å². The van der Waals surface area contributed by atoms with E-state index in [1.165, 1.54) is 32.4 Å². The quantitative estimate of drug-likeness (QED) is 0.776. The molecule has 0 aromatic carbocycles. The van der Waals surface area contributed by atoms with Gasteiger partial charge in [-0.15, -0.1) is 11.3 Å². The van der Waals surface area contributed by atoms with Crippen molar-refractivity contribution in [2.75, 3.05) is 33.2 Å². The Hall–Kier alpha value is -0.420. The SMILES string of the molecule is CN1CCC(CCNCC(O)c2cccs2)CC1. The molecule has 2 heterocycles. The monoisotopic (exact) mass is 268 g/mol. The Morgan fingerprint density at radius 2 is 2.28 bits per heavy atom. The van der Waals surface area contributed by atoms with Crippen LogP contribution in [0.1, 0.15) is 30.2 Å². The maximum atomic E-state index is 9.92. The number of nitrogens with one attached hydrogen (secondary N) is 1. The van der Waals surface area contributed by atoms with Gasteiger partial charge in [-0.05, 0) is 63.3 Å². The molecule has 2 rings (SSSR count). The minimum atomic E-state index is -0.345. The molecule has 102 valence electrons. The lowest BCUT2D eigenvalue weighted by Gasteiger charge is -2.29. The summed E-state index contributed by atoms with van der Waals surface area (Å²) < 4.78 is 0. The standard InChI is InChI=1S/C14H24N2OS/c1-16-8-5-12(6-9-16)4-7-15-11-13(17)14-3-2-10-18-14/h2-3,10,12-13,15,17H,4-9,11H2,1H3. The number of thiophene rings is 1. The maximum Gasteiger partial charge on any atom is 0.101 e. The van der Waals surface area contributed by atoms with Gasteiger partial charge in [0.05, 0.1) is 0 Å². The fourth-order valence-corrected chi connectivity index (χ4v) is 3.19. The van der Waals surface area contributed by atoms with Crippen LogP contribution in [0.4, 0.5) is 0 Å². The fourth-order valence-electron chi connectivity index (χ4n) is 2.48. The lowest BCUT2D eigenvalue weighted by molar-refractivity contribution is 0.174. The normalized spacial score (nSPS) is 20.1. The summed E-state index contributed by atoms with van der Waals surface area (Å²) in [5.74, 6) is 0.868. The molecule has 1 fully saturated rings. The van der Waals surface area contributed by atoms with E-state index in [4.69, 9.17) is 0 Å². The Balaban J connectivity index is 1.56. The minimum absolute atomic E-state index is 0.345. The highest BCUT2D eigenvalue weighted by molar-refractivity contribution is 7.10. The summed E-state index contributed by atoms with van der Waals surface area (Å²) in [5, 5.41) is 15.3. The lowest BCUT2D eigenvalue weighted by atomic mass is 9.94. The van der Waals surface area contributed by atoms with Crippen LogP contribution in [-0.4, -0.2) is 43.2 Å². The fraction of sp³-hybridized carbons (Fsp3) is 0.714. The van der Waals surface area contributed by atoms with Gasteiger partial charge in [0.25, 0.3) is 0 Å². The van der Waals surface area contributed by atoms with Crippen molar-refractivity contribution in [3.05, 3.63) is 22.4 Å². The number of hydrogen-bond donors (Lipinski definition) is 2. The summed E-state index contributed by atoms with van der Waals surface area (Å²) in [5.41, 5.74) is 0. The number of rotatable bonds is 6. The first-order valence-corrected chi connectivity index (χ1v) is 7.74. The summed E-state index contributed by atoms with van der Waals surface area (Å²) >= 11 is 1.62. The highest BCUT2D eigenvalue weighted by Gasteiger charge is 2.16. The van der Waals surface area contributed by atoms with Crippen LogP contribution in [0.3, 0.4) is 0 Å². The van der Waals surface area contributed by atoms with Gasteiger partial charge in [0, 0.05) is 11.4 Å². The Bertz CT molecular complexity index is 321. The molecular formula is C14H24N2OS. The molecule has 1 saturated heterocycles. The zero-order valence-corrected chi connectivity index (χ0v) is 12.0. The molecule has 0 saturated carbocycles. The molecule has 1 atom stereocenters. The molecule has 1 aromatic rings. The Kier molecular flexibility index (Phi) is 5.63. The molecule has 1 unspecified atom stereocenters. The number of nitrogens with zero attached hydrogens (tertiary/aromatic N) is 1. The van der Waals surface area contributed by atoms with E-state index in [9.17, 15) is 5.11 Å². The largest absolute Gasteiger partial charge is 0.386 e. The topological polar surface area (TPSA) is 35.5 Å². The van der Waals surface area contributed by atoms with Gasteiger partial charge in [-0.25, -0.2) is 0 Å².